The minimum Gasteiger partial charge on any atom is -0.374 e. The van der Waals surface area contributed by atoms with Gasteiger partial charge in [-0.1, -0.05) is 18.2 Å². The molecular weight excluding hydrogens is 629 g/mol. The third-order valence-corrected chi connectivity index (χ3v) is 9.22. The minimum absolute atomic E-state index is 0.00323. The van der Waals surface area contributed by atoms with Crippen LogP contribution >= 0.6 is 23.4 Å². The fourth-order valence-corrected chi connectivity index (χ4v) is 7.39. The zero-order chi connectivity index (χ0) is 32.1. The van der Waals surface area contributed by atoms with Gasteiger partial charge in [0.1, 0.15) is 17.5 Å². The summed E-state index contributed by atoms with van der Waals surface area (Å²) in [4.78, 5) is 33.7. The molecule has 44 heavy (non-hydrogen) atoms. The van der Waals surface area contributed by atoms with E-state index in [1.54, 1.807) is 23.6 Å². The number of ether oxygens (including phenoxy) is 1. The van der Waals surface area contributed by atoms with Crippen molar-refractivity contribution in [3.63, 3.8) is 0 Å². The van der Waals surface area contributed by atoms with Gasteiger partial charge in [0, 0.05) is 64.9 Å². The van der Waals surface area contributed by atoms with Crippen LogP contribution in [-0.4, -0.2) is 70.5 Å². The first-order chi connectivity index (χ1) is 20.8. The van der Waals surface area contributed by atoms with Crippen molar-refractivity contribution >= 4 is 46.0 Å². The van der Waals surface area contributed by atoms with E-state index in [0.29, 0.717) is 6.07 Å². The molecule has 236 valence electrons. The van der Waals surface area contributed by atoms with Crippen molar-refractivity contribution in [1.82, 2.24) is 14.5 Å². The van der Waals surface area contributed by atoms with Gasteiger partial charge in [-0.15, -0.1) is 11.8 Å². The lowest BCUT2D eigenvalue weighted by Crippen LogP contribution is -2.58. The fraction of sp³-hybridized carbons (Fsp3) is 0.414. The van der Waals surface area contributed by atoms with Gasteiger partial charge in [0.25, 0.3) is 0 Å². The van der Waals surface area contributed by atoms with E-state index in [-0.39, 0.29) is 78.1 Å². The molecule has 1 saturated heterocycles. The van der Waals surface area contributed by atoms with Crippen LogP contribution in [0.2, 0.25) is 5.02 Å². The number of amides is 1. The Kier molecular flexibility index (Phi) is 9.00. The van der Waals surface area contributed by atoms with Gasteiger partial charge in [0.15, 0.2) is 0 Å². The molecule has 0 bridgehead atoms. The SMILES string of the molecule is C=CC(=O)N1C(C)CN(c2nc(=O)n3c4c(c(-c5cc(Cl)c(F)cc5F)c(C(F)(F)F)cc24)SCC(OCCN)C3)CC1C. The number of thioether (sulfide) groups is 1. The average molecular weight is 658 g/mol. The van der Waals surface area contributed by atoms with Crippen molar-refractivity contribution in [2.24, 2.45) is 5.73 Å². The lowest BCUT2D eigenvalue weighted by molar-refractivity contribution is -0.137. The van der Waals surface area contributed by atoms with E-state index >= 15 is 4.39 Å². The van der Waals surface area contributed by atoms with Gasteiger partial charge >= 0.3 is 11.9 Å². The maximum atomic E-state index is 15.3. The Morgan fingerprint density at radius 2 is 1.86 bits per heavy atom. The Morgan fingerprint density at radius 3 is 2.48 bits per heavy atom. The van der Waals surface area contributed by atoms with Crippen molar-refractivity contribution in [3.8, 4) is 11.1 Å². The monoisotopic (exact) mass is 657 g/mol. The van der Waals surface area contributed by atoms with Crippen LogP contribution in [0.25, 0.3) is 22.0 Å². The van der Waals surface area contributed by atoms with E-state index in [1.807, 2.05) is 0 Å². The van der Waals surface area contributed by atoms with Crippen LogP contribution in [0, 0.1) is 11.6 Å². The molecular formula is C29H29ClF5N5O3S. The van der Waals surface area contributed by atoms with Gasteiger partial charge in [-0.3, -0.25) is 9.36 Å². The lowest BCUT2D eigenvalue weighted by atomic mass is 9.95. The highest BCUT2D eigenvalue weighted by Crippen LogP contribution is 2.49. The van der Waals surface area contributed by atoms with Gasteiger partial charge < -0.3 is 20.3 Å². The maximum Gasteiger partial charge on any atom is 0.417 e. The summed E-state index contributed by atoms with van der Waals surface area (Å²) in [7, 11) is 0. The highest BCUT2D eigenvalue weighted by atomic mass is 35.5. The van der Waals surface area contributed by atoms with Gasteiger partial charge in [-0.2, -0.15) is 18.2 Å². The third-order valence-electron chi connectivity index (χ3n) is 7.70. The molecule has 0 aliphatic carbocycles. The number of rotatable bonds is 6. The predicted molar refractivity (Wildman–Crippen MR) is 159 cm³/mol. The molecule has 3 heterocycles. The average Bonchev–Trinajstić information content (AvgIpc) is 3.15. The van der Waals surface area contributed by atoms with Gasteiger partial charge in [0.05, 0.1) is 35.4 Å². The van der Waals surface area contributed by atoms with E-state index in [2.05, 4.69) is 11.6 Å². The molecule has 3 aromatic rings. The maximum absolute atomic E-state index is 15.3. The normalized spacial score (nSPS) is 20.6. The summed E-state index contributed by atoms with van der Waals surface area (Å²) in [5, 5.41) is -0.550. The number of hydrogen-bond donors (Lipinski definition) is 1. The number of piperazine rings is 1. The summed E-state index contributed by atoms with van der Waals surface area (Å²) in [5.74, 6) is -2.56. The van der Waals surface area contributed by atoms with Crippen molar-refractivity contribution < 1.29 is 31.5 Å². The molecule has 2 aliphatic heterocycles. The lowest BCUT2D eigenvalue weighted by Gasteiger charge is -2.44. The number of aromatic nitrogens is 2. The molecule has 8 nitrogen and oxygen atoms in total. The Labute approximate surface area is 258 Å². The molecule has 0 radical (unpaired) electrons. The number of halogens is 6. The van der Waals surface area contributed by atoms with Crippen LogP contribution in [0.5, 0.6) is 0 Å². The Balaban J connectivity index is 1.83. The quantitative estimate of drug-likeness (QED) is 0.225. The van der Waals surface area contributed by atoms with Gasteiger partial charge in [0.2, 0.25) is 5.91 Å². The molecule has 2 N–H and O–H groups in total. The van der Waals surface area contributed by atoms with Crippen LogP contribution in [0.1, 0.15) is 19.4 Å². The standard InChI is InChI=1S/C29H29ClF5N5O3S/c1-4-23(41)40-14(2)10-38(11-15(40)3)27-18-7-19(29(33,34)35)24(17-8-20(30)22(32)9-21(17)31)26-25(18)39(28(42)37-27)12-16(13-44-26)43-6-5-36/h4,7-9,14-16H,1,5-6,10-13,36H2,2-3H3. The summed E-state index contributed by atoms with van der Waals surface area (Å²) in [6.07, 6.45) is -4.44. The minimum atomic E-state index is -5.00. The fourth-order valence-electron chi connectivity index (χ4n) is 5.95. The van der Waals surface area contributed by atoms with Gasteiger partial charge in [-0.25, -0.2) is 13.6 Å². The number of hydrogen-bond acceptors (Lipinski definition) is 7. The van der Waals surface area contributed by atoms with Crippen LogP contribution in [0.3, 0.4) is 0 Å². The molecule has 15 heteroatoms. The zero-order valence-corrected chi connectivity index (χ0v) is 25.3. The molecule has 1 fully saturated rings. The molecule has 3 unspecified atom stereocenters. The second-order valence-electron chi connectivity index (χ2n) is 10.7. The van der Waals surface area contributed by atoms with E-state index < -0.39 is 51.3 Å². The Bertz CT molecular complexity index is 1690. The largest absolute Gasteiger partial charge is 0.417 e. The Hall–Kier alpha value is -3.20. The second-order valence-corrected chi connectivity index (χ2v) is 12.2. The topological polar surface area (TPSA) is 93.7 Å². The number of nitrogens with two attached hydrogens (primary N) is 1. The number of alkyl halides is 3. The molecule has 0 spiro atoms. The molecule has 1 aromatic heterocycles. The first kappa shape index (κ1) is 32.2. The summed E-state index contributed by atoms with van der Waals surface area (Å²) in [5.41, 5.74) is 2.62. The number of carbonyl (C=O) groups excluding carboxylic acids is 1. The first-order valence-electron chi connectivity index (χ1n) is 13.7. The summed E-state index contributed by atoms with van der Waals surface area (Å²) < 4.78 is 81.1. The van der Waals surface area contributed by atoms with Crippen molar-refractivity contribution in [1.29, 1.82) is 0 Å². The molecule has 3 atom stereocenters. The Morgan fingerprint density at radius 1 is 1.18 bits per heavy atom. The summed E-state index contributed by atoms with van der Waals surface area (Å²) in [6, 6.07) is 1.32. The molecule has 2 aliphatic rings. The first-order valence-corrected chi connectivity index (χ1v) is 15.1. The smallest absolute Gasteiger partial charge is 0.374 e. The zero-order valence-electron chi connectivity index (χ0n) is 23.8. The third kappa shape index (κ3) is 5.80. The predicted octanol–water partition coefficient (Wildman–Crippen LogP) is 5.08. The number of nitrogens with zero attached hydrogens (tertiary/aromatic N) is 4. The van der Waals surface area contributed by atoms with E-state index in [4.69, 9.17) is 22.1 Å². The van der Waals surface area contributed by atoms with E-state index in [0.717, 1.165) is 23.9 Å². The van der Waals surface area contributed by atoms with Crippen molar-refractivity contribution in [3.05, 3.63) is 63.6 Å². The van der Waals surface area contributed by atoms with Crippen molar-refractivity contribution in [2.75, 3.05) is 36.9 Å². The highest BCUT2D eigenvalue weighted by Gasteiger charge is 2.40. The molecule has 1 amide bonds. The van der Waals surface area contributed by atoms with Crippen LogP contribution in [-0.2, 0) is 22.3 Å². The van der Waals surface area contributed by atoms with Crippen molar-refractivity contribution in [2.45, 2.75) is 49.7 Å². The molecule has 2 aromatic carbocycles. The molecule has 0 saturated carbocycles. The molecule has 5 rings (SSSR count). The van der Waals surface area contributed by atoms with E-state index in [1.165, 1.54) is 10.6 Å². The summed E-state index contributed by atoms with van der Waals surface area (Å²) in [6.45, 7) is 7.71. The van der Waals surface area contributed by atoms with Crippen LogP contribution in [0.4, 0.5) is 27.8 Å². The highest BCUT2D eigenvalue weighted by molar-refractivity contribution is 7.99. The second kappa shape index (κ2) is 12.3. The summed E-state index contributed by atoms with van der Waals surface area (Å²) >= 11 is 6.89. The number of carbonyl (C=O) groups is 1. The van der Waals surface area contributed by atoms with Crippen LogP contribution in [0.15, 0.2) is 40.5 Å². The van der Waals surface area contributed by atoms with Gasteiger partial charge in [-0.05, 0) is 32.1 Å². The number of benzene rings is 2. The number of anilines is 1. The van der Waals surface area contributed by atoms with E-state index in [9.17, 15) is 27.2 Å². The van der Waals surface area contributed by atoms with Crippen LogP contribution < -0.4 is 16.3 Å².